The van der Waals surface area contributed by atoms with Crippen molar-refractivity contribution in [2.45, 2.75) is 44.3 Å². The SMILES string of the molecule is CN(C)CC1CCCN1c1ccc(Br)cc1CNC1CC1. The monoisotopic (exact) mass is 351 g/mol. The van der Waals surface area contributed by atoms with Gasteiger partial charge in [0.2, 0.25) is 0 Å². The van der Waals surface area contributed by atoms with Crippen LogP contribution in [0.15, 0.2) is 22.7 Å². The Morgan fingerprint density at radius 1 is 1.29 bits per heavy atom. The van der Waals surface area contributed by atoms with Crippen molar-refractivity contribution in [1.82, 2.24) is 10.2 Å². The van der Waals surface area contributed by atoms with Crippen molar-refractivity contribution < 1.29 is 0 Å². The van der Waals surface area contributed by atoms with E-state index in [2.05, 4.69) is 63.3 Å². The smallest absolute Gasteiger partial charge is 0.0417 e. The second kappa shape index (κ2) is 6.67. The van der Waals surface area contributed by atoms with E-state index in [1.54, 1.807) is 0 Å². The lowest BCUT2D eigenvalue weighted by atomic mass is 10.1. The second-order valence-corrected chi connectivity index (χ2v) is 7.60. The Morgan fingerprint density at radius 2 is 2.10 bits per heavy atom. The molecule has 0 bridgehead atoms. The molecule has 1 unspecified atom stereocenters. The Kier molecular flexibility index (Phi) is 4.87. The van der Waals surface area contributed by atoms with Gasteiger partial charge in [-0.3, -0.25) is 0 Å². The molecule has 1 atom stereocenters. The average Bonchev–Trinajstić information content (AvgIpc) is 3.16. The van der Waals surface area contributed by atoms with E-state index in [9.17, 15) is 0 Å². The van der Waals surface area contributed by atoms with Gasteiger partial charge in [0.1, 0.15) is 0 Å². The molecule has 4 heteroatoms. The molecule has 1 heterocycles. The molecule has 0 spiro atoms. The average molecular weight is 352 g/mol. The topological polar surface area (TPSA) is 18.5 Å². The van der Waals surface area contributed by atoms with E-state index in [4.69, 9.17) is 0 Å². The molecule has 1 saturated heterocycles. The fourth-order valence-corrected chi connectivity index (χ4v) is 3.69. The van der Waals surface area contributed by atoms with Crippen LogP contribution in [0.1, 0.15) is 31.2 Å². The maximum Gasteiger partial charge on any atom is 0.0417 e. The van der Waals surface area contributed by atoms with Gasteiger partial charge >= 0.3 is 0 Å². The highest BCUT2D eigenvalue weighted by molar-refractivity contribution is 9.10. The second-order valence-electron chi connectivity index (χ2n) is 6.68. The molecule has 3 nitrogen and oxygen atoms in total. The standard InChI is InChI=1S/C17H26BrN3/c1-20(2)12-16-4-3-9-21(16)17-8-5-14(18)10-13(17)11-19-15-6-7-15/h5,8,10,15-16,19H,3-4,6-7,9,11-12H2,1-2H3. The fourth-order valence-electron chi connectivity index (χ4n) is 3.28. The minimum Gasteiger partial charge on any atom is -0.367 e. The summed E-state index contributed by atoms with van der Waals surface area (Å²) in [5.41, 5.74) is 2.86. The third-order valence-electron chi connectivity index (χ3n) is 4.46. The molecule has 1 aliphatic heterocycles. The van der Waals surface area contributed by atoms with E-state index >= 15 is 0 Å². The van der Waals surface area contributed by atoms with Crippen LogP contribution in [0, 0.1) is 0 Å². The van der Waals surface area contributed by atoms with Crippen LogP contribution in [-0.2, 0) is 6.54 Å². The number of hydrogen-bond donors (Lipinski definition) is 1. The Balaban J connectivity index is 1.78. The lowest BCUT2D eigenvalue weighted by molar-refractivity contribution is 0.372. The molecule has 1 N–H and O–H groups in total. The molecule has 1 aromatic rings. The highest BCUT2D eigenvalue weighted by Crippen LogP contribution is 2.31. The molecule has 3 rings (SSSR count). The first-order chi connectivity index (χ1) is 10.1. The van der Waals surface area contributed by atoms with Gasteiger partial charge in [-0.2, -0.15) is 0 Å². The third kappa shape index (κ3) is 3.99. The highest BCUT2D eigenvalue weighted by atomic mass is 79.9. The summed E-state index contributed by atoms with van der Waals surface area (Å²) in [6.07, 6.45) is 5.31. The number of benzene rings is 1. The van der Waals surface area contributed by atoms with Gasteiger partial charge in [-0.05, 0) is 63.5 Å². The summed E-state index contributed by atoms with van der Waals surface area (Å²) in [6.45, 7) is 3.33. The summed E-state index contributed by atoms with van der Waals surface area (Å²) in [6, 6.07) is 8.17. The summed E-state index contributed by atoms with van der Waals surface area (Å²) in [5, 5.41) is 3.66. The van der Waals surface area contributed by atoms with Gasteiger partial charge in [-0.15, -0.1) is 0 Å². The minimum absolute atomic E-state index is 0.654. The van der Waals surface area contributed by atoms with Crippen molar-refractivity contribution in [3.05, 3.63) is 28.2 Å². The lowest BCUT2D eigenvalue weighted by Gasteiger charge is -2.31. The van der Waals surface area contributed by atoms with Crippen LogP contribution >= 0.6 is 15.9 Å². The number of nitrogens with zero attached hydrogens (tertiary/aromatic N) is 2. The normalized spacial score (nSPS) is 22.3. The van der Waals surface area contributed by atoms with E-state index in [1.165, 1.54) is 48.0 Å². The van der Waals surface area contributed by atoms with Gasteiger partial charge < -0.3 is 15.1 Å². The number of nitrogens with one attached hydrogen (secondary N) is 1. The lowest BCUT2D eigenvalue weighted by Crippen LogP contribution is -2.38. The molecule has 0 amide bonds. The predicted octanol–water partition coefficient (Wildman–Crippen LogP) is 3.23. The number of rotatable bonds is 6. The zero-order valence-electron chi connectivity index (χ0n) is 13.1. The molecule has 1 saturated carbocycles. The van der Waals surface area contributed by atoms with Crippen LogP contribution in [-0.4, -0.2) is 44.2 Å². The van der Waals surface area contributed by atoms with Crippen LogP contribution in [0.2, 0.25) is 0 Å². The number of likely N-dealkylation sites (N-methyl/N-ethyl adjacent to an activating group) is 1. The van der Waals surface area contributed by atoms with E-state index in [-0.39, 0.29) is 0 Å². The van der Waals surface area contributed by atoms with Crippen molar-refractivity contribution in [1.29, 1.82) is 0 Å². The van der Waals surface area contributed by atoms with Crippen molar-refractivity contribution in [3.8, 4) is 0 Å². The van der Waals surface area contributed by atoms with Gasteiger partial charge in [0, 0.05) is 41.9 Å². The van der Waals surface area contributed by atoms with Gasteiger partial charge in [0.05, 0.1) is 0 Å². The van der Waals surface area contributed by atoms with E-state index in [0.717, 1.165) is 19.1 Å². The molecule has 1 aliphatic carbocycles. The third-order valence-corrected chi connectivity index (χ3v) is 4.96. The van der Waals surface area contributed by atoms with Gasteiger partial charge in [0.25, 0.3) is 0 Å². The molecular formula is C17H26BrN3. The first kappa shape index (κ1) is 15.3. The van der Waals surface area contributed by atoms with Crippen LogP contribution in [0.3, 0.4) is 0 Å². The van der Waals surface area contributed by atoms with Crippen LogP contribution in [0.25, 0.3) is 0 Å². The zero-order valence-corrected chi connectivity index (χ0v) is 14.7. The van der Waals surface area contributed by atoms with Gasteiger partial charge in [0.15, 0.2) is 0 Å². The first-order valence-electron chi connectivity index (χ1n) is 8.06. The van der Waals surface area contributed by atoms with Crippen molar-refractivity contribution in [2.75, 3.05) is 32.1 Å². The van der Waals surface area contributed by atoms with Crippen molar-refractivity contribution >= 4 is 21.6 Å². The predicted molar refractivity (Wildman–Crippen MR) is 92.9 cm³/mol. The number of hydrogen-bond acceptors (Lipinski definition) is 3. The molecular weight excluding hydrogens is 326 g/mol. The number of anilines is 1. The summed E-state index contributed by atoms with van der Waals surface area (Å²) in [7, 11) is 4.35. The number of halogens is 1. The maximum atomic E-state index is 3.66. The van der Waals surface area contributed by atoms with E-state index in [1.807, 2.05) is 0 Å². The van der Waals surface area contributed by atoms with E-state index < -0.39 is 0 Å². The highest BCUT2D eigenvalue weighted by Gasteiger charge is 2.27. The van der Waals surface area contributed by atoms with Crippen LogP contribution in [0.5, 0.6) is 0 Å². The molecule has 0 aromatic heterocycles. The molecule has 0 radical (unpaired) electrons. The summed E-state index contributed by atoms with van der Waals surface area (Å²) >= 11 is 3.63. The first-order valence-corrected chi connectivity index (χ1v) is 8.86. The van der Waals surface area contributed by atoms with Gasteiger partial charge in [-0.25, -0.2) is 0 Å². The summed E-state index contributed by atoms with van der Waals surface area (Å²) in [5.74, 6) is 0. The molecule has 116 valence electrons. The summed E-state index contributed by atoms with van der Waals surface area (Å²) < 4.78 is 1.18. The zero-order chi connectivity index (χ0) is 14.8. The van der Waals surface area contributed by atoms with Crippen LogP contribution < -0.4 is 10.2 Å². The molecule has 21 heavy (non-hydrogen) atoms. The van der Waals surface area contributed by atoms with Crippen molar-refractivity contribution in [2.24, 2.45) is 0 Å². The minimum atomic E-state index is 0.654. The van der Waals surface area contributed by atoms with Gasteiger partial charge in [-0.1, -0.05) is 15.9 Å². The Hall–Kier alpha value is -0.580. The molecule has 2 aliphatic rings. The van der Waals surface area contributed by atoms with E-state index in [0.29, 0.717) is 6.04 Å². The van der Waals surface area contributed by atoms with Crippen LogP contribution in [0.4, 0.5) is 5.69 Å². The Morgan fingerprint density at radius 3 is 2.81 bits per heavy atom. The Bertz CT molecular complexity index is 485. The quantitative estimate of drug-likeness (QED) is 0.848. The largest absolute Gasteiger partial charge is 0.367 e. The van der Waals surface area contributed by atoms with Crippen molar-refractivity contribution in [3.63, 3.8) is 0 Å². The fraction of sp³-hybridized carbons (Fsp3) is 0.647. The maximum absolute atomic E-state index is 3.66. The molecule has 2 fully saturated rings. The summed E-state index contributed by atoms with van der Waals surface area (Å²) in [4.78, 5) is 4.93. The molecule has 1 aromatic carbocycles. The Labute approximate surface area is 136 Å².